The molecule has 27 heavy (non-hydrogen) atoms. The molecule has 2 aromatic carbocycles. The molecule has 0 spiro atoms. The molecule has 1 fully saturated rings. The largest absolute Gasteiger partial charge is 0.304 e. The smallest absolute Gasteiger partial charge is 0.240 e. The molecule has 0 aromatic heterocycles. The van der Waals surface area contributed by atoms with Crippen molar-refractivity contribution in [1.29, 1.82) is 0 Å². The summed E-state index contributed by atoms with van der Waals surface area (Å²) in [6.45, 7) is 8.03. The standard InChI is InChI=1S/C21H29N3O2S/c1-17-9-10-21(18(2)15-17)27(25,26)22-16-20(19-7-5-4-6-8-19)24-13-11-23(3)12-14-24/h4-10,15,20,22H,11-14,16H2,1-3H3. The van der Waals surface area contributed by atoms with Crippen LogP contribution < -0.4 is 4.72 Å². The van der Waals surface area contributed by atoms with Gasteiger partial charge in [-0.05, 0) is 38.1 Å². The fraction of sp³-hybridized carbons (Fsp3) is 0.429. The van der Waals surface area contributed by atoms with Gasteiger partial charge in [-0.3, -0.25) is 4.90 Å². The van der Waals surface area contributed by atoms with Crippen molar-refractivity contribution in [2.75, 3.05) is 39.8 Å². The van der Waals surface area contributed by atoms with Crippen LogP contribution in [0.3, 0.4) is 0 Å². The van der Waals surface area contributed by atoms with Gasteiger partial charge in [0.2, 0.25) is 10.0 Å². The summed E-state index contributed by atoms with van der Waals surface area (Å²) < 4.78 is 28.7. The normalized spacial score (nSPS) is 17.7. The van der Waals surface area contributed by atoms with Crippen molar-refractivity contribution >= 4 is 10.0 Å². The van der Waals surface area contributed by atoms with E-state index in [4.69, 9.17) is 0 Å². The molecule has 0 amide bonds. The molecule has 6 heteroatoms. The number of benzene rings is 2. The van der Waals surface area contributed by atoms with E-state index in [-0.39, 0.29) is 6.04 Å². The van der Waals surface area contributed by atoms with E-state index in [1.54, 1.807) is 6.07 Å². The van der Waals surface area contributed by atoms with Crippen LogP contribution in [0.15, 0.2) is 53.4 Å². The third kappa shape index (κ3) is 4.96. The Bertz CT molecular complexity index is 860. The second kappa shape index (κ2) is 8.52. The molecule has 0 radical (unpaired) electrons. The fourth-order valence-electron chi connectivity index (χ4n) is 3.63. The van der Waals surface area contributed by atoms with E-state index in [0.29, 0.717) is 11.4 Å². The number of sulfonamides is 1. The van der Waals surface area contributed by atoms with Gasteiger partial charge in [0.05, 0.1) is 4.90 Å². The van der Waals surface area contributed by atoms with Gasteiger partial charge < -0.3 is 4.90 Å². The monoisotopic (exact) mass is 387 g/mol. The summed E-state index contributed by atoms with van der Waals surface area (Å²) in [5.41, 5.74) is 2.98. The van der Waals surface area contributed by atoms with E-state index < -0.39 is 10.0 Å². The number of hydrogen-bond donors (Lipinski definition) is 1. The van der Waals surface area contributed by atoms with Gasteiger partial charge in [0.15, 0.2) is 0 Å². The minimum Gasteiger partial charge on any atom is -0.304 e. The molecule has 2 aromatic rings. The Morgan fingerprint density at radius 2 is 1.67 bits per heavy atom. The van der Waals surface area contributed by atoms with Crippen molar-refractivity contribution in [3.63, 3.8) is 0 Å². The summed E-state index contributed by atoms with van der Waals surface area (Å²) in [6, 6.07) is 15.6. The molecule has 1 atom stereocenters. The average molecular weight is 388 g/mol. The molecule has 3 rings (SSSR count). The molecular formula is C21H29N3O2S. The number of rotatable bonds is 6. The van der Waals surface area contributed by atoms with E-state index in [0.717, 1.165) is 42.9 Å². The lowest BCUT2D eigenvalue weighted by Crippen LogP contribution is -2.48. The van der Waals surface area contributed by atoms with Gasteiger partial charge in [-0.15, -0.1) is 0 Å². The topological polar surface area (TPSA) is 52.7 Å². The van der Waals surface area contributed by atoms with Gasteiger partial charge in [-0.2, -0.15) is 0 Å². The quantitative estimate of drug-likeness (QED) is 0.828. The molecule has 1 N–H and O–H groups in total. The Hall–Kier alpha value is -1.73. The third-order valence-electron chi connectivity index (χ3n) is 5.25. The molecule has 0 aliphatic carbocycles. The van der Waals surface area contributed by atoms with Gasteiger partial charge in [-0.1, -0.05) is 48.0 Å². The minimum atomic E-state index is -3.55. The van der Waals surface area contributed by atoms with Crippen LogP contribution >= 0.6 is 0 Å². The number of likely N-dealkylation sites (N-methyl/N-ethyl adjacent to an activating group) is 1. The highest BCUT2D eigenvalue weighted by Gasteiger charge is 2.26. The number of piperazine rings is 1. The van der Waals surface area contributed by atoms with Crippen LogP contribution in [0.1, 0.15) is 22.7 Å². The zero-order chi connectivity index (χ0) is 19.4. The summed E-state index contributed by atoms with van der Waals surface area (Å²) in [5, 5.41) is 0. The van der Waals surface area contributed by atoms with E-state index in [2.05, 4.69) is 33.7 Å². The van der Waals surface area contributed by atoms with Crippen LogP contribution in [-0.2, 0) is 10.0 Å². The molecule has 0 bridgehead atoms. The van der Waals surface area contributed by atoms with Gasteiger partial charge in [0, 0.05) is 38.8 Å². The summed E-state index contributed by atoms with van der Waals surface area (Å²) in [4.78, 5) is 5.04. The lowest BCUT2D eigenvalue weighted by atomic mass is 10.0. The van der Waals surface area contributed by atoms with Gasteiger partial charge >= 0.3 is 0 Å². The highest BCUT2D eigenvalue weighted by atomic mass is 32.2. The molecule has 1 aliphatic rings. The Kier molecular flexibility index (Phi) is 6.32. The predicted octanol–water partition coefficient (Wildman–Crippen LogP) is 2.57. The predicted molar refractivity (Wildman–Crippen MR) is 109 cm³/mol. The number of hydrogen-bond acceptors (Lipinski definition) is 4. The minimum absolute atomic E-state index is 0.0282. The summed E-state index contributed by atoms with van der Waals surface area (Å²) in [6.07, 6.45) is 0. The van der Waals surface area contributed by atoms with Crippen molar-refractivity contribution in [1.82, 2.24) is 14.5 Å². The van der Waals surface area contributed by atoms with Gasteiger partial charge in [-0.25, -0.2) is 13.1 Å². The van der Waals surface area contributed by atoms with Crippen molar-refractivity contribution in [3.05, 3.63) is 65.2 Å². The lowest BCUT2D eigenvalue weighted by Gasteiger charge is -2.38. The van der Waals surface area contributed by atoms with Crippen molar-refractivity contribution < 1.29 is 8.42 Å². The van der Waals surface area contributed by atoms with Crippen molar-refractivity contribution in [2.24, 2.45) is 0 Å². The zero-order valence-corrected chi connectivity index (χ0v) is 17.2. The Balaban J connectivity index is 1.80. The van der Waals surface area contributed by atoms with Gasteiger partial charge in [0.1, 0.15) is 0 Å². The SMILES string of the molecule is Cc1ccc(S(=O)(=O)NCC(c2ccccc2)N2CCN(C)CC2)c(C)c1. The van der Waals surface area contributed by atoms with Crippen LogP contribution in [0.4, 0.5) is 0 Å². The average Bonchev–Trinajstić information content (AvgIpc) is 2.64. The molecular weight excluding hydrogens is 358 g/mol. The van der Waals surface area contributed by atoms with Crippen LogP contribution in [0.5, 0.6) is 0 Å². The molecule has 1 saturated heterocycles. The van der Waals surface area contributed by atoms with E-state index in [1.807, 2.05) is 44.2 Å². The molecule has 5 nitrogen and oxygen atoms in total. The zero-order valence-electron chi connectivity index (χ0n) is 16.4. The first kappa shape index (κ1) is 20.0. The fourth-order valence-corrected chi connectivity index (χ4v) is 4.90. The first-order chi connectivity index (χ1) is 12.9. The van der Waals surface area contributed by atoms with E-state index in [1.165, 1.54) is 0 Å². The Morgan fingerprint density at radius 1 is 1.00 bits per heavy atom. The van der Waals surface area contributed by atoms with Crippen molar-refractivity contribution in [2.45, 2.75) is 24.8 Å². The maximum absolute atomic E-state index is 12.9. The highest BCUT2D eigenvalue weighted by molar-refractivity contribution is 7.89. The first-order valence-corrected chi connectivity index (χ1v) is 10.9. The Labute approximate surface area is 163 Å². The van der Waals surface area contributed by atoms with Crippen LogP contribution in [0, 0.1) is 13.8 Å². The third-order valence-corrected chi connectivity index (χ3v) is 6.83. The maximum Gasteiger partial charge on any atom is 0.240 e. The lowest BCUT2D eigenvalue weighted by molar-refractivity contribution is 0.113. The highest BCUT2D eigenvalue weighted by Crippen LogP contribution is 2.23. The molecule has 1 heterocycles. The maximum atomic E-state index is 12.9. The van der Waals surface area contributed by atoms with E-state index in [9.17, 15) is 8.42 Å². The summed E-state index contributed by atoms with van der Waals surface area (Å²) in [7, 11) is -1.42. The second-order valence-electron chi connectivity index (χ2n) is 7.39. The number of nitrogens with one attached hydrogen (secondary N) is 1. The van der Waals surface area contributed by atoms with Crippen LogP contribution in [0.25, 0.3) is 0 Å². The molecule has 0 saturated carbocycles. The van der Waals surface area contributed by atoms with Crippen LogP contribution in [0.2, 0.25) is 0 Å². The molecule has 146 valence electrons. The van der Waals surface area contributed by atoms with Crippen molar-refractivity contribution in [3.8, 4) is 0 Å². The summed E-state index contributed by atoms with van der Waals surface area (Å²) >= 11 is 0. The van der Waals surface area contributed by atoms with Gasteiger partial charge in [0.25, 0.3) is 0 Å². The first-order valence-electron chi connectivity index (χ1n) is 9.41. The van der Waals surface area contributed by atoms with E-state index >= 15 is 0 Å². The molecule has 1 unspecified atom stereocenters. The Morgan fingerprint density at radius 3 is 2.30 bits per heavy atom. The number of nitrogens with zero attached hydrogens (tertiary/aromatic N) is 2. The van der Waals surface area contributed by atoms with Crippen LogP contribution in [-0.4, -0.2) is 58.0 Å². The molecule has 1 aliphatic heterocycles. The summed E-state index contributed by atoms with van der Waals surface area (Å²) in [5.74, 6) is 0. The number of aryl methyl sites for hydroxylation is 2. The second-order valence-corrected chi connectivity index (χ2v) is 9.12.